The zero-order chi connectivity index (χ0) is 13.8. The largest absolute Gasteiger partial charge is 0.396 e. The Bertz CT molecular complexity index is 322. The maximum Gasteiger partial charge on any atom is 0.235 e. The number of likely N-dealkylation sites (tertiary alicyclic amines) is 1. The van der Waals surface area contributed by atoms with Gasteiger partial charge in [0.25, 0.3) is 0 Å². The molecule has 0 saturated carbocycles. The Hall–Kier alpha value is -0.680. The topological polar surface area (TPSA) is 66.6 Å². The van der Waals surface area contributed by atoms with Crippen LogP contribution in [0.25, 0.3) is 0 Å². The first kappa shape index (κ1) is 15.4. The van der Waals surface area contributed by atoms with Gasteiger partial charge in [-0.3, -0.25) is 4.79 Å². The molecule has 1 amide bonds. The van der Waals surface area contributed by atoms with Crippen LogP contribution in [0.2, 0.25) is 0 Å². The molecule has 5 heteroatoms. The molecule has 0 spiro atoms. The lowest BCUT2D eigenvalue weighted by molar-refractivity contribution is -0.138. The number of thiocarbonyl (C=S) groups is 1. The molecule has 1 fully saturated rings. The van der Waals surface area contributed by atoms with Crippen LogP contribution in [0.1, 0.15) is 46.0 Å². The molecule has 0 aromatic rings. The monoisotopic (exact) mass is 272 g/mol. The molecule has 0 bridgehead atoms. The molecule has 1 aliphatic rings. The normalized spacial score (nSPS) is 22.8. The summed E-state index contributed by atoms with van der Waals surface area (Å²) in [6, 6.07) is 0.241. The fourth-order valence-corrected chi connectivity index (χ4v) is 2.71. The first-order valence-electron chi connectivity index (χ1n) is 6.69. The molecule has 104 valence electrons. The lowest BCUT2D eigenvalue weighted by Crippen LogP contribution is -2.50. The summed E-state index contributed by atoms with van der Waals surface area (Å²) in [5, 5.41) is 8.90. The minimum atomic E-state index is -0.725. The molecule has 1 heterocycles. The molecule has 0 aromatic heterocycles. The number of carbonyl (C=O) groups is 1. The Labute approximate surface area is 115 Å². The predicted octanol–water partition coefficient (Wildman–Crippen LogP) is 1.45. The van der Waals surface area contributed by atoms with Crippen LogP contribution in [0.4, 0.5) is 0 Å². The van der Waals surface area contributed by atoms with Crippen LogP contribution in [0.15, 0.2) is 0 Å². The molecule has 2 atom stereocenters. The highest BCUT2D eigenvalue weighted by Crippen LogP contribution is 2.30. The maximum atomic E-state index is 12.6. The molecule has 0 aromatic carbocycles. The summed E-state index contributed by atoms with van der Waals surface area (Å²) in [5.74, 6) is 0.0536. The molecule has 1 saturated heterocycles. The Balaban J connectivity index is 2.78. The summed E-state index contributed by atoms with van der Waals surface area (Å²) in [7, 11) is 0. The van der Waals surface area contributed by atoms with Gasteiger partial charge in [0, 0.05) is 19.2 Å². The van der Waals surface area contributed by atoms with E-state index in [1.807, 2.05) is 18.7 Å². The molecule has 0 radical (unpaired) electrons. The number of aliphatic hydroxyl groups excluding tert-OH is 1. The van der Waals surface area contributed by atoms with Gasteiger partial charge in [0.2, 0.25) is 5.91 Å². The second-order valence-electron chi connectivity index (χ2n) is 5.21. The molecular formula is C13H24N2O2S. The third-order valence-corrected chi connectivity index (χ3v) is 4.51. The molecule has 4 nitrogen and oxygen atoms in total. The van der Waals surface area contributed by atoms with E-state index < -0.39 is 5.41 Å². The van der Waals surface area contributed by atoms with Crippen LogP contribution in [-0.4, -0.2) is 40.1 Å². The third-order valence-electron chi connectivity index (χ3n) is 4.06. The van der Waals surface area contributed by atoms with E-state index >= 15 is 0 Å². The van der Waals surface area contributed by atoms with Crippen molar-refractivity contribution in [3.05, 3.63) is 0 Å². The molecule has 18 heavy (non-hydrogen) atoms. The van der Waals surface area contributed by atoms with E-state index in [1.54, 1.807) is 0 Å². The van der Waals surface area contributed by atoms with Crippen molar-refractivity contribution in [1.82, 2.24) is 4.90 Å². The van der Waals surface area contributed by atoms with Crippen LogP contribution in [0.5, 0.6) is 0 Å². The van der Waals surface area contributed by atoms with E-state index in [-0.39, 0.29) is 23.5 Å². The highest BCUT2D eigenvalue weighted by Gasteiger charge is 2.41. The second-order valence-corrected chi connectivity index (χ2v) is 5.65. The summed E-state index contributed by atoms with van der Waals surface area (Å²) < 4.78 is 0. The minimum Gasteiger partial charge on any atom is -0.396 e. The van der Waals surface area contributed by atoms with Gasteiger partial charge >= 0.3 is 0 Å². The number of nitrogens with zero attached hydrogens (tertiary/aromatic N) is 1. The average molecular weight is 272 g/mol. The van der Waals surface area contributed by atoms with Gasteiger partial charge in [0.15, 0.2) is 0 Å². The fourth-order valence-electron chi connectivity index (χ4n) is 2.48. The quantitative estimate of drug-likeness (QED) is 0.718. The number of amides is 1. The van der Waals surface area contributed by atoms with E-state index in [1.165, 1.54) is 0 Å². The SMILES string of the molecule is CCC(C)(C(=O)N1CCCC1CCCO)C(N)=S. The van der Waals surface area contributed by atoms with Crippen LogP contribution in [0.3, 0.4) is 0 Å². The Kier molecular flexibility index (Phi) is 5.53. The summed E-state index contributed by atoms with van der Waals surface area (Å²) in [4.78, 5) is 14.8. The first-order valence-corrected chi connectivity index (χ1v) is 7.10. The van der Waals surface area contributed by atoms with Gasteiger partial charge < -0.3 is 15.7 Å². The smallest absolute Gasteiger partial charge is 0.235 e. The van der Waals surface area contributed by atoms with Gasteiger partial charge in [0.05, 0.1) is 10.4 Å². The van der Waals surface area contributed by atoms with Crippen molar-refractivity contribution >= 4 is 23.1 Å². The van der Waals surface area contributed by atoms with Crippen molar-refractivity contribution in [2.45, 2.75) is 52.0 Å². The standard InChI is InChI=1S/C13H24N2O2S/c1-3-13(2,11(14)18)12(17)15-8-4-6-10(15)7-5-9-16/h10,16H,3-9H2,1-2H3,(H2,14,18). The van der Waals surface area contributed by atoms with Crippen molar-refractivity contribution in [2.24, 2.45) is 11.1 Å². The van der Waals surface area contributed by atoms with Gasteiger partial charge in [-0.2, -0.15) is 0 Å². The van der Waals surface area contributed by atoms with Gasteiger partial charge in [-0.25, -0.2) is 0 Å². The Morgan fingerprint density at radius 2 is 2.28 bits per heavy atom. The van der Waals surface area contributed by atoms with Crippen LogP contribution in [-0.2, 0) is 4.79 Å². The van der Waals surface area contributed by atoms with Crippen molar-refractivity contribution in [3.8, 4) is 0 Å². The van der Waals surface area contributed by atoms with Crippen molar-refractivity contribution in [3.63, 3.8) is 0 Å². The van der Waals surface area contributed by atoms with E-state index in [2.05, 4.69) is 0 Å². The lowest BCUT2D eigenvalue weighted by Gasteiger charge is -2.34. The number of nitrogens with two attached hydrogens (primary N) is 1. The lowest BCUT2D eigenvalue weighted by atomic mass is 9.85. The summed E-state index contributed by atoms with van der Waals surface area (Å²) >= 11 is 5.06. The second kappa shape index (κ2) is 6.48. The van der Waals surface area contributed by atoms with E-state index in [9.17, 15) is 4.79 Å². The van der Waals surface area contributed by atoms with Gasteiger partial charge in [0.1, 0.15) is 0 Å². The summed E-state index contributed by atoms with van der Waals surface area (Å²) in [5.41, 5.74) is 5.01. The van der Waals surface area contributed by atoms with Gasteiger partial charge in [-0.15, -0.1) is 0 Å². The number of hydrogen-bond acceptors (Lipinski definition) is 3. The predicted molar refractivity (Wildman–Crippen MR) is 76.2 cm³/mol. The van der Waals surface area contributed by atoms with Crippen molar-refractivity contribution < 1.29 is 9.90 Å². The molecular weight excluding hydrogens is 248 g/mol. The Morgan fingerprint density at radius 1 is 1.61 bits per heavy atom. The van der Waals surface area contributed by atoms with Gasteiger partial charge in [-0.05, 0) is 39.0 Å². The van der Waals surface area contributed by atoms with E-state index in [4.69, 9.17) is 23.1 Å². The number of rotatable bonds is 6. The van der Waals surface area contributed by atoms with Crippen LogP contribution >= 0.6 is 12.2 Å². The minimum absolute atomic E-state index is 0.0536. The molecule has 1 rings (SSSR count). The zero-order valence-electron chi connectivity index (χ0n) is 11.3. The first-order chi connectivity index (χ1) is 8.47. The highest BCUT2D eigenvalue weighted by molar-refractivity contribution is 7.80. The number of carbonyl (C=O) groups excluding carboxylic acids is 1. The molecule has 1 aliphatic heterocycles. The average Bonchev–Trinajstić information content (AvgIpc) is 2.82. The number of aliphatic hydroxyl groups is 1. The van der Waals surface area contributed by atoms with E-state index in [0.717, 1.165) is 32.2 Å². The summed E-state index contributed by atoms with van der Waals surface area (Å²) in [6.45, 7) is 4.74. The summed E-state index contributed by atoms with van der Waals surface area (Å²) in [6.07, 6.45) is 4.27. The van der Waals surface area contributed by atoms with Crippen molar-refractivity contribution in [2.75, 3.05) is 13.2 Å². The van der Waals surface area contributed by atoms with E-state index in [0.29, 0.717) is 6.42 Å². The van der Waals surface area contributed by atoms with Crippen molar-refractivity contribution in [1.29, 1.82) is 0 Å². The molecule has 0 aliphatic carbocycles. The van der Waals surface area contributed by atoms with Crippen LogP contribution < -0.4 is 5.73 Å². The maximum absolute atomic E-state index is 12.6. The Morgan fingerprint density at radius 3 is 2.78 bits per heavy atom. The van der Waals surface area contributed by atoms with Crippen LogP contribution in [0, 0.1) is 5.41 Å². The fraction of sp³-hybridized carbons (Fsp3) is 0.846. The molecule has 3 N–H and O–H groups in total. The number of hydrogen-bond donors (Lipinski definition) is 2. The molecule has 2 unspecified atom stereocenters. The van der Waals surface area contributed by atoms with Gasteiger partial charge in [-0.1, -0.05) is 19.1 Å². The third kappa shape index (κ3) is 3.01. The highest BCUT2D eigenvalue weighted by atomic mass is 32.1. The zero-order valence-corrected chi connectivity index (χ0v) is 12.1.